The van der Waals surface area contributed by atoms with Crippen LogP contribution in [-0.2, 0) is 23.0 Å². The Morgan fingerprint density at radius 2 is 1.88 bits per heavy atom. The average Bonchev–Trinajstić information content (AvgIpc) is 3.82. The second kappa shape index (κ2) is 11.0. The number of hydrogen-bond donors (Lipinski definition) is 3. The monoisotopic (exact) mass is 586 g/mol. The number of nitrogens with one attached hydrogen (secondary N) is 2. The number of nitrogens with zero attached hydrogens (tertiary/aromatic N) is 2. The molecule has 1 fully saturated rings. The van der Waals surface area contributed by atoms with Crippen molar-refractivity contribution in [3.05, 3.63) is 93.8 Å². The minimum absolute atomic E-state index is 0.156. The molecule has 2 heterocycles. The van der Waals surface area contributed by atoms with Gasteiger partial charge < -0.3 is 25.0 Å². The Kier molecular flexibility index (Phi) is 7.19. The Hall–Kier alpha value is -4.64. The summed E-state index contributed by atoms with van der Waals surface area (Å²) in [4.78, 5) is 26.3. The van der Waals surface area contributed by atoms with Crippen LogP contribution in [0.4, 0.5) is 5.69 Å². The number of aromatic nitrogens is 1. The van der Waals surface area contributed by atoms with E-state index in [1.165, 1.54) is 18.2 Å². The molecule has 1 aromatic heterocycles. The van der Waals surface area contributed by atoms with E-state index in [1.807, 2.05) is 24.3 Å². The first-order chi connectivity index (χ1) is 20.2. The lowest BCUT2D eigenvalue weighted by Gasteiger charge is -2.21. The third kappa shape index (κ3) is 5.35. The molecule has 1 saturated carbocycles. The average molecular weight is 587 g/mol. The van der Waals surface area contributed by atoms with Gasteiger partial charge in [0, 0.05) is 24.0 Å². The summed E-state index contributed by atoms with van der Waals surface area (Å²) < 4.78 is 37.2. The Labute approximate surface area is 242 Å². The third-order valence-electron chi connectivity index (χ3n) is 7.69. The number of amides is 1. The SMILES string of the molecule is COc1ccc(CCNC(=O)c2ccc3c(c2)S(=O)(=O)N=C(c2c(O)c4ccccc4n(CCC4CC4)c2=O)N3)cc1. The van der Waals surface area contributed by atoms with Crippen LogP contribution in [0.5, 0.6) is 11.5 Å². The number of ether oxygens (including phenoxy) is 1. The van der Waals surface area contributed by atoms with Crippen molar-refractivity contribution < 1.29 is 23.1 Å². The molecule has 6 rings (SSSR count). The number of pyridine rings is 1. The van der Waals surface area contributed by atoms with Crippen molar-refractivity contribution in [2.75, 3.05) is 19.0 Å². The summed E-state index contributed by atoms with van der Waals surface area (Å²) in [5.41, 5.74) is 1.17. The van der Waals surface area contributed by atoms with Crippen molar-refractivity contribution in [3.63, 3.8) is 0 Å². The molecule has 1 aliphatic heterocycles. The smallest absolute Gasteiger partial charge is 0.286 e. The Balaban J connectivity index is 1.26. The number of carbonyl (C=O) groups is 1. The molecule has 10 nitrogen and oxygen atoms in total. The molecule has 216 valence electrons. The molecular formula is C31H30N4O6S. The Morgan fingerprint density at radius 1 is 1.12 bits per heavy atom. The van der Waals surface area contributed by atoms with Gasteiger partial charge in [-0.3, -0.25) is 9.59 Å². The summed E-state index contributed by atoms with van der Waals surface area (Å²) in [5.74, 6) is 0.289. The van der Waals surface area contributed by atoms with Gasteiger partial charge in [-0.15, -0.1) is 4.40 Å². The Morgan fingerprint density at radius 3 is 2.62 bits per heavy atom. The maximum absolute atomic E-state index is 13.7. The van der Waals surface area contributed by atoms with Crippen LogP contribution in [0.15, 0.2) is 80.8 Å². The first kappa shape index (κ1) is 27.5. The zero-order chi connectivity index (χ0) is 29.4. The van der Waals surface area contributed by atoms with Crippen molar-refractivity contribution in [1.29, 1.82) is 0 Å². The van der Waals surface area contributed by atoms with E-state index in [9.17, 15) is 23.1 Å². The van der Waals surface area contributed by atoms with E-state index in [2.05, 4.69) is 15.0 Å². The summed E-state index contributed by atoms with van der Waals surface area (Å²) in [5, 5.41) is 17.3. The van der Waals surface area contributed by atoms with Crippen molar-refractivity contribution in [2.24, 2.45) is 10.3 Å². The van der Waals surface area contributed by atoms with Gasteiger partial charge in [-0.2, -0.15) is 8.42 Å². The van der Waals surface area contributed by atoms with Gasteiger partial charge in [0.1, 0.15) is 22.0 Å². The normalized spacial score (nSPS) is 15.4. The summed E-state index contributed by atoms with van der Waals surface area (Å²) in [7, 11) is -2.71. The lowest BCUT2D eigenvalue weighted by atomic mass is 10.1. The summed E-state index contributed by atoms with van der Waals surface area (Å²) >= 11 is 0. The van der Waals surface area contributed by atoms with Gasteiger partial charge in [0.2, 0.25) is 0 Å². The second-order valence-corrected chi connectivity index (χ2v) is 12.1. The van der Waals surface area contributed by atoms with Gasteiger partial charge in [0.05, 0.1) is 18.3 Å². The summed E-state index contributed by atoms with van der Waals surface area (Å²) in [6.45, 7) is 0.800. The number of para-hydroxylation sites is 1. The predicted molar refractivity (Wildman–Crippen MR) is 160 cm³/mol. The number of aryl methyl sites for hydroxylation is 1. The molecular weight excluding hydrogens is 556 g/mol. The minimum Gasteiger partial charge on any atom is -0.506 e. The molecule has 0 saturated heterocycles. The molecule has 0 bridgehead atoms. The molecule has 11 heteroatoms. The van der Waals surface area contributed by atoms with E-state index in [1.54, 1.807) is 35.9 Å². The standard InChI is InChI=1S/C31H30N4O6S/c1-41-22-11-8-19(9-12-22)14-16-32-30(37)21-10-13-24-26(18-21)42(39,40)34-29(33-24)27-28(36)23-4-2-3-5-25(23)35(31(27)38)17-15-20-6-7-20/h2-5,8-13,18,20,36H,6-7,14-17H2,1H3,(H,32,37)(H,33,34). The zero-order valence-electron chi connectivity index (χ0n) is 23.0. The van der Waals surface area contributed by atoms with Crippen molar-refractivity contribution >= 4 is 38.4 Å². The van der Waals surface area contributed by atoms with E-state index in [-0.39, 0.29) is 33.3 Å². The van der Waals surface area contributed by atoms with Gasteiger partial charge in [0.15, 0.2) is 5.84 Å². The number of rotatable bonds is 9. The highest BCUT2D eigenvalue weighted by Crippen LogP contribution is 2.35. The maximum Gasteiger partial charge on any atom is 0.286 e. The highest BCUT2D eigenvalue weighted by atomic mass is 32.2. The number of benzene rings is 3. The maximum atomic E-state index is 13.7. The molecule has 2 aliphatic rings. The number of sulfonamides is 1. The molecule has 42 heavy (non-hydrogen) atoms. The number of aromatic hydroxyl groups is 1. The van der Waals surface area contributed by atoms with E-state index >= 15 is 0 Å². The fraction of sp³-hybridized carbons (Fsp3) is 0.258. The van der Waals surface area contributed by atoms with Crippen LogP contribution in [-0.4, -0.2) is 43.5 Å². The molecule has 1 aliphatic carbocycles. The largest absolute Gasteiger partial charge is 0.506 e. The van der Waals surface area contributed by atoms with Crippen LogP contribution >= 0.6 is 0 Å². The molecule has 0 radical (unpaired) electrons. The molecule has 1 amide bonds. The molecule has 3 aromatic carbocycles. The van der Waals surface area contributed by atoms with Gasteiger partial charge in [-0.05, 0) is 66.8 Å². The number of anilines is 1. The number of fused-ring (bicyclic) bond motifs is 2. The molecule has 0 atom stereocenters. The molecule has 4 aromatic rings. The molecule has 3 N–H and O–H groups in total. The van der Waals surface area contributed by atoms with E-state index in [0.29, 0.717) is 36.3 Å². The van der Waals surface area contributed by atoms with Crippen LogP contribution in [0, 0.1) is 5.92 Å². The van der Waals surface area contributed by atoms with E-state index in [0.717, 1.165) is 30.6 Å². The minimum atomic E-state index is -4.31. The van der Waals surface area contributed by atoms with E-state index < -0.39 is 21.5 Å². The quantitative estimate of drug-likeness (QED) is 0.269. The summed E-state index contributed by atoms with van der Waals surface area (Å²) in [6.07, 6.45) is 3.66. The molecule has 0 spiro atoms. The highest BCUT2D eigenvalue weighted by molar-refractivity contribution is 7.90. The number of hydrogen-bond acceptors (Lipinski definition) is 7. The fourth-order valence-electron chi connectivity index (χ4n) is 5.17. The summed E-state index contributed by atoms with van der Waals surface area (Å²) in [6, 6.07) is 18.7. The van der Waals surface area contributed by atoms with Crippen molar-refractivity contribution in [1.82, 2.24) is 9.88 Å². The van der Waals surface area contributed by atoms with Crippen molar-refractivity contribution in [2.45, 2.75) is 37.1 Å². The van der Waals surface area contributed by atoms with Crippen LogP contribution in [0.3, 0.4) is 0 Å². The van der Waals surface area contributed by atoms with Crippen LogP contribution < -0.4 is 20.9 Å². The zero-order valence-corrected chi connectivity index (χ0v) is 23.8. The highest BCUT2D eigenvalue weighted by Gasteiger charge is 2.31. The van der Waals surface area contributed by atoms with Gasteiger partial charge in [-0.25, -0.2) is 0 Å². The molecule has 0 unspecified atom stereocenters. The number of methoxy groups -OCH3 is 1. The van der Waals surface area contributed by atoms with Gasteiger partial charge in [0.25, 0.3) is 21.5 Å². The lowest BCUT2D eigenvalue weighted by Crippen LogP contribution is -2.33. The van der Waals surface area contributed by atoms with E-state index in [4.69, 9.17) is 4.74 Å². The first-order valence-corrected chi connectivity index (χ1v) is 15.2. The lowest BCUT2D eigenvalue weighted by molar-refractivity contribution is 0.0954. The van der Waals surface area contributed by atoms with Crippen LogP contribution in [0.1, 0.15) is 40.7 Å². The first-order valence-electron chi connectivity index (χ1n) is 13.8. The Bertz CT molecular complexity index is 1890. The van der Waals surface area contributed by atoms with Crippen LogP contribution in [0.2, 0.25) is 0 Å². The van der Waals surface area contributed by atoms with Gasteiger partial charge in [-0.1, -0.05) is 37.1 Å². The third-order valence-corrected chi connectivity index (χ3v) is 9.00. The number of amidine groups is 1. The van der Waals surface area contributed by atoms with Gasteiger partial charge >= 0.3 is 0 Å². The second-order valence-electron chi connectivity index (χ2n) is 10.5. The number of carbonyl (C=O) groups excluding carboxylic acids is 1. The van der Waals surface area contributed by atoms with Crippen LogP contribution in [0.25, 0.3) is 10.9 Å². The van der Waals surface area contributed by atoms with Crippen molar-refractivity contribution in [3.8, 4) is 11.5 Å². The predicted octanol–water partition coefficient (Wildman–Crippen LogP) is 4.05. The topological polar surface area (TPSA) is 139 Å². The fourth-order valence-corrected chi connectivity index (χ4v) is 6.31.